The van der Waals surface area contributed by atoms with Crippen molar-refractivity contribution in [1.29, 1.82) is 0 Å². The summed E-state index contributed by atoms with van der Waals surface area (Å²) in [6.45, 7) is 0. The van der Waals surface area contributed by atoms with Crippen LogP contribution in [0.3, 0.4) is 0 Å². The number of hydrogen-bond donors (Lipinski definition) is 1. The molecule has 0 heterocycles. The first-order valence-corrected chi connectivity index (χ1v) is 7.05. The fraction of sp³-hybridized carbons (Fsp3) is 0. The second kappa shape index (κ2) is 6.40. The van der Waals surface area contributed by atoms with E-state index in [2.05, 4.69) is 5.32 Å². The summed E-state index contributed by atoms with van der Waals surface area (Å²) in [5.41, 5.74) is 1.95. The summed E-state index contributed by atoms with van der Waals surface area (Å²) in [6.07, 6.45) is 0. The van der Waals surface area contributed by atoms with Crippen molar-refractivity contribution in [3.8, 4) is 11.1 Å². The van der Waals surface area contributed by atoms with Crippen molar-refractivity contribution in [3.63, 3.8) is 0 Å². The molecule has 1 N–H and O–H groups in total. The van der Waals surface area contributed by atoms with Crippen LogP contribution >= 0.6 is 0 Å². The highest BCUT2D eigenvalue weighted by atomic mass is 19.1. The Bertz CT molecular complexity index is 844. The van der Waals surface area contributed by atoms with Crippen molar-refractivity contribution in [2.45, 2.75) is 0 Å². The van der Waals surface area contributed by atoms with Gasteiger partial charge in [0, 0.05) is 16.8 Å². The maximum atomic E-state index is 13.9. The van der Waals surface area contributed by atoms with E-state index < -0.39 is 0 Å². The Labute approximate surface area is 132 Å². The minimum atomic E-state index is -0.371. The van der Waals surface area contributed by atoms with E-state index in [1.807, 2.05) is 0 Å². The summed E-state index contributed by atoms with van der Waals surface area (Å²) in [5.74, 6) is -1.05. The lowest BCUT2D eigenvalue weighted by molar-refractivity contribution is 0.102. The van der Waals surface area contributed by atoms with Gasteiger partial charge >= 0.3 is 0 Å². The summed E-state index contributed by atoms with van der Waals surface area (Å²) in [5, 5.41) is 2.68. The third-order valence-electron chi connectivity index (χ3n) is 3.41. The molecule has 3 rings (SSSR count). The van der Waals surface area contributed by atoms with Gasteiger partial charge in [-0.1, -0.05) is 30.3 Å². The van der Waals surface area contributed by atoms with E-state index in [1.54, 1.807) is 42.5 Å². The molecule has 0 atom stereocenters. The lowest BCUT2D eigenvalue weighted by Crippen LogP contribution is -2.11. The quantitative estimate of drug-likeness (QED) is 0.733. The first-order chi connectivity index (χ1) is 11.1. The molecule has 0 saturated heterocycles. The van der Waals surface area contributed by atoms with Gasteiger partial charge in [0.15, 0.2) is 0 Å². The highest BCUT2D eigenvalue weighted by Gasteiger charge is 2.09. The van der Waals surface area contributed by atoms with Crippen LogP contribution in [-0.4, -0.2) is 5.91 Å². The molecule has 3 aromatic carbocycles. The summed E-state index contributed by atoms with van der Waals surface area (Å²) >= 11 is 0. The molecule has 0 aliphatic heterocycles. The number of nitrogens with one attached hydrogen (secondary N) is 1. The first kappa shape index (κ1) is 14.9. The predicted molar refractivity (Wildman–Crippen MR) is 86.2 cm³/mol. The van der Waals surface area contributed by atoms with E-state index in [0.717, 1.165) is 0 Å². The molecule has 0 saturated carbocycles. The smallest absolute Gasteiger partial charge is 0.255 e. The Morgan fingerprint density at radius 2 is 1.57 bits per heavy atom. The molecule has 4 heteroatoms. The van der Waals surface area contributed by atoms with Crippen LogP contribution in [0.1, 0.15) is 10.4 Å². The van der Waals surface area contributed by atoms with E-state index in [1.165, 1.54) is 30.3 Å². The fourth-order valence-electron chi connectivity index (χ4n) is 2.26. The molecule has 0 aliphatic carbocycles. The molecule has 0 bridgehead atoms. The molecule has 0 aromatic heterocycles. The predicted octanol–water partition coefficient (Wildman–Crippen LogP) is 4.88. The number of carbonyl (C=O) groups is 1. The van der Waals surface area contributed by atoms with Crippen LogP contribution < -0.4 is 5.32 Å². The van der Waals surface area contributed by atoms with Gasteiger partial charge in [-0.2, -0.15) is 0 Å². The number of anilines is 1. The fourth-order valence-corrected chi connectivity index (χ4v) is 2.26. The summed E-state index contributed by atoms with van der Waals surface area (Å²) in [4.78, 5) is 12.3. The second-order valence-electron chi connectivity index (χ2n) is 5.02. The van der Waals surface area contributed by atoms with Crippen LogP contribution in [0.4, 0.5) is 14.5 Å². The molecule has 2 nitrogen and oxygen atoms in total. The minimum Gasteiger partial charge on any atom is -0.322 e. The third kappa shape index (κ3) is 3.43. The van der Waals surface area contributed by atoms with Gasteiger partial charge in [0.1, 0.15) is 11.6 Å². The van der Waals surface area contributed by atoms with Crippen molar-refractivity contribution in [1.82, 2.24) is 0 Å². The molecule has 23 heavy (non-hydrogen) atoms. The van der Waals surface area contributed by atoms with Crippen molar-refractivity contribution >= 4 is 11.6 Å². The lowest BCUT2D eigenvalue weighted by atomic mass is 10.0. The summed E-state index contributed by atoms with van der Waals surface area (Å²) < 4.78 is 26.7. The van der Waals surface area contributed by atoms with E-state index in [4.69, 9.17) is 0 Å². The zero-order chi connectivity index (χ0) is 16.2. The zero-order valence-corrected chi connectivity index (χ0v) is 12.1. The Balaban J connectivity index is 1.86. The Hall–Kier alpha value is -3.01. The van der Waals surface area contributed by atoms with Gasteiger partial charge in [-0.25, -0.2) is 8.78 Å². The lowest BCUT2D eigenvalue weighted by Gasteiger charge is -2.08. The Morgan fingerprint density at radius 1 is 0.826 bits per heavy atom. The number of rotatable bonds is 3. The van der Waals surface area contributed by atoms with Crippen LogP contribution in [0.5, 0.6) is 0 Å². The van der Waals surface area contributed by atoms with Crippen LogP contribution in [0.25, 0.3) is 11.1 Å². The van der Waals surface area contributed by atoms with Gasteiger partial charge in [0.25, 0.3) is 5.91 Å². The van der Waals surface area contributed by atoms with E-state index in [9.17, 15) is 13.6 Å². The molecule has 0 fully saturated rings. The van der Waals surface area contributed by atoms with Gasteiger partial charge in [0.2, 0.25) is 0 Å². The average Bonchev–Trinajstić information content (AvgIpc) is 2.57. The van der Waals surface area contributed by atoms with Crippen LogP contribution in [0.15, 0.2) is 72.8 Å². The molecule has 3 aromatic rings. The Morgan fingerprint density at radius 3 is 2.30 bits per heavy atom. The number of halogens is 2. The molecule has 0 spiro atoms. The number of hydrogen-bond acceptors (Lipinski definition) is 1. The molecule has 1 amide bonds. The molecular weight excluding hydrogens is 296 g/mol. The van der Waals surface area contributed by atoms with Gasteiger partial charge in [-0.15, -0.1) is 0 Å². The largest absolute Gasteiger partial charge is 0.322 e. The highest BCUT2D eigenvalue weighted by Crippen LogP contribution is 2.23. The maximum Gasteiger partial charge on any atom is 0.255 e. The van der Waals surface area contributed by atoms with Gasteiger partial charge in [-0.3, -0.25) is 4.79 Å². The Kier molecular flexibility index (Phi) is 4.15. The van der Waals surface area contributed by atoms with Crippen molar-refractivity contribution in [2.75, 3.05) is 5.32 Å². The van der Waals surface area contributed by atoms with Gasteiger partial charge < -0.3 is 5.32 Å². The van der Waals surface area contributed by atoms with Crippen LogP contribution in [0, 0.1) is 11.6 Å². The minimum absolute atomic E-state index is 0.338. The van der Waals surface area contributed by atoms with Gasteiger partial charge in [-0.05, 0) is 48.0 Å². The molecular formula is C19H13F2NO. The molecule has 0 aliphatic rings. The van der Waals surface area contributed by atoms with Crippen molar-refractivity contribution < 1.29 is 13.6 Å². The third-order valence-corrected chi connectivity index (χ3v) is 3.41. The topological polar surface area (TPSA) is 29.1 Å². The molecule has 114 valence electrons. The van der Waals surface area contributed by atoms with E-state index >= 15 is 0 Å². The summed E-state index contributed by atoms with van der Waals surface area (Å²) in [7, 11) is 0. The SMILES string of the molecule is O=C(Nc1ccc(F)cc1)c1cccc(-c2ccccc2F)c1. The molecule has 0 unspecified atom stereocenters. The molecule has 0 radical (unpaired) electrons. The van der Waals surface area contributed by atoms with Crippen molar-refractivity contribution in [3.05, 3.63) is 90.0 Å². The first-order valence-electron chi connectivity index (χ1n) is 7.05. The number of amides is 1. The monoisotopic (exact) mass is 309 g/mol. The number of carbonyl (C=O) groups excluding carboxylic acids is 1. The van der Waals surface area contributed by atoms with E-state index in [0.29, 0.717) is 22.4 Å². The number of benzene rings is 3. The maximum absolute atomic E-state index is 13.9. The summed E-state index contributed by atoms with van der Waals surface area (Å²) in [6, 6.07) is 18.6. The normalized spacial score (nSPS) is 10.3. The van der Waals surface area contributed by atoms with Gasteiger partial charge in [0.05, 0.1) is 0 Å². The van der Waals surface area contributed by atoms with E-state index in [-0.39, 0.29) is 17.5 Å². The second-order valence-corrected chi connectivity index (χ2v) is 5.02. The standard InChI is InChI=1S/C19H13F2NO/c20-15-8-10-16(11-9-15)22-19(23)14-5-3-4-13(12-14)17-6-1-2-7-18(17)21/h1-12H,(H,22,23). The van der Waals surface area contributed by atoms with Crippen LogP contribution in [-0.2, 0) is 0 Å². The van der Waals surface area contributed by atoms with Crippen LogP contribution in [0.2, 0.25) is 0 Å². The highest BCUT2D eigenvalue weighted by molar-refractivity contribution is 6.04. The average molecular weight is 309 g/mol. The van der Waals surface area contributed by atoms with Crippen molar-refractivity contribution in [2.24, 2.45) is 0 Å². The zero-order valence-electron chi connectivity index (χ0n) is 12.1.